The first-order valence-electron chi connectivity index (χ1n) is 1.19. The third-order valence-corrected chi connectivity index (χ3v) is 0. The van der Waals surface area contributed by atoms with Crippen molar-refractivity contribution in [3.8, 4) is 0 Å². The Hall–Kier alpha value is -0.0835. The van der Waals surface area contributed by atoms with Crippen molar-refractivity contribution in [1.29, 1.82) is 0 Å². The van der Waals surface area contributed by atoms with Crippen molar-refractivity contribution in [2.24, 2.45) is 0 Å². The molecule has 37 valence electrons. The third-order valence-electron chi connectivity index (χ3n) is 0. The van der Waals surface area contributed by atoms with Crippen molar-refractivity contribution in [3.05, 3.63) is 12.7 Å². The van der Waals surface area contributed by atoms with Crippen molar-refractivity contribution in [2.45, 2.75) is 6.92 Å². The van der Waals surface area contributed by atoms with Gasteiger partial charge in [-0.2, -0.15) is 0 Å². The van der Waals surface area contributed by atoms with Crippen molar-refractivity contribution in [1.82, 2.24) is 0 Å². The van der Waals surface area contributed by atoms with E-state index >= 15 is 0 Å². The fraction of sp³-hybridized carbons (Fsp3) is 0.250. The molecule has 0 heterocycles. The molecule has 0 rings (SSSR count). The van der Waals surface area contributed by atoms with Gasteiger partial charge >= 0.3 is 0 Å². The van der Waals surface area contributed by atoms with Gasteiger partial charge in [-0.05, 0) is 6.92 Å². The van der Waals surface area contributed by atoms with Gasteiger partial charge in [0, 0.05) is 16.8 Å². The average Bonchev–Trinajstić information content (AvgIpc) is 1.46. The summed E-state index contributed by atoms with van der Waals surface area (Å²) in [6, 6.07) is 0. The van der Waals surface area contributed by atoms with E-state index in [0.29, 0.717) is 0 Å². The van der Waals surface area contributed by atoms with Crippen LogP contribution in [0.5, 0.6) is 0 Å². The van der Waals surface area contributed by atoms with Crippen LogP contribution in [0.15, 0.2) is 12.7 Å². The minimum absolute atomic E-state index is 0. The van der Waals surface area contributed by atoms with E-state index in [2.05, 4.69) is 13.4 Å². The molecule has 0 aromatic carbocycles. The number of hydrogen-bond acceptors (Lipinski definition) is 1. The summed E-state index contributed by atoms with van der Waals surface area (Å²) in [5, 5.41) is 0. The van der Waals surface area contributed by atoms with Gasteiger partial charge in [0.2, 0.25) is 0 Å². The maximum atomic E-state index is 7.50. The Morgan fingerprint density at radius 3 is 1.67 bits per heavy atom. The number of carbonyl (C=O) groups excluding carboxylic acids is 1. The predicted molar refractivity (Wildman–Crippen MR) is 21.6 cm³/mol. The fourth-order valence-corrected chi connectivity index (χ4v) is 0. The van der Waals surface area contributed by atoms with Gasteiger partial charge in [0.25, 0.3) is 6.79 Å². The molecule has 6 heavy (non-hydrogen) atoms. The Kier molecular flexibility index (Phi) is 252. The SMILES string of the molecule is C=CC.[C]=O.[Co]. The minimum atomic E-state index is 0. The molecule has 0 aliphatic carbocycles. The summed E-state index contributed by atoms with van der Waals surface area (Å²) >= 11 is 0. The molecule has 0 amide bonds. The molecular formula is C4H6CoO. The van der Waals surface area contributed by atoms with Gasteiger partial charge in [0.15, 0.2) is 0 Å². The fourth-order valence-electron chi connectivity index (χ4n) is 0. The first kappa shape index (κ1) is 16.8. The molecule has 0 bridgehead atoms. The molecule has 0 N–H and O–H groups in total. The van der Waals surface area contributed by atoms with Crippen molar-refractivity contribution < 1.29 is 21.6 Å². The molecule has 0 aliphatic heterocycles. The van der Waals surface area contributed by atoms with Crippen LogP contribution in [-0.2, 0) is 21.6 Å². The van der Waals surface area contributed by atoms with E-state index in [1.54, 1.807) is 6.08 Å². The van der Waals surface area contributed by atoms with Gasteiger partial charge < -0.3 is 0 Å². The Balaban J connectivity index is -0.0000000275. The topological polar surface area (TPSA) is 17.1 Å². The molecule has 0 fully saturated rings. The first-order valence-corrected chi connectivity index (χ1v) is 1.19. The first-order chi connectivity index (χ1) is 2.41. The second kappa shape index (κ2) is 89.8. The van der Waals surface area contributed by atoms with E-state index in [0.717, 1.165) is 0 Å². The van der Waals surface area contributed by atoms with Gasteiger partial charge in [-0.15, -0.1) is 6.58 Å². The molecule has 0 aromatic rings. The second-order valence-electron chi connectivity index (χ2n) is 0.408. The summed E-state index contributed by atoms with van der Waals surface area (Å²) in [4.78, 5) is 7.50. The number of rotatable bonds is 0. The van der Waals surface area contributed by atoms with Gasteiger partial charge in [-0.3, -0.25) is 4.79 Å². The third kappa shape index (κ3) is 4780. The maximum absolute atomic E-state index is 7.50. The quantitative estimate of drug-likeness (QED) is 0.442. The zero-order chi connectivity index (χ0) is 4.71. The maximum Gasteiger partial charge on any atom is 0.281 e. The Labute approximate surface area is 48.6 Å². The van der Waals surface area contributed by atoms with Crippen molar-refractivity contribution in [2.75, 3.05) is 0 Å². The summed E-state index contributed by atoms with van der Waals surface area (Å²) in [6.07, 6.45) is 1.75. The molecular weight excluding hydrogens is 123 g/mol. The Morgan fingerprint density at radius 1 is 1.67 bits per heavy atom. The summed E-state index contributed by atoms with van der Waals surface area (Å²) in [5.41, 5.74) is 0. The molecule has 0 spiro atoms. The van der Waals surface area contributed by atoms with E-state index in [4.69, 9.17) is 4.79 Å². The van der Waals surface area contributed by atoms with Crippen LogP contribution in [0.2, 0.25) is 0 Å². The van der Waals surface area contributed by atoms with E-state index in [1.165, 1.54) is 0 Å². The Morgan fingerprint density at radius 2 is 1.67 bits per heavy atom. The normalized spacial score (nSPS) is 2.83. The van der Waals surface area contributed by atoms with Crippen LogP contribution >= 0.6 is 0 Å². The largest absolute Gasteiger partial charge is 0.281 e. The monoisotopic (exact) mass is 129 g/mol. The van der Waals surface area contributed by atoms with E-state index < -0.39 is 0 Å². The molecule has 0 saturated heterocycles. The predicted octanol–water partition coefficient (Wildman–Crippen LogP) is 0.793. The minimum Gasteiger partial charge on any atom is -0.281 e. The summed E-state index contributed by atoms with van der Waals surface area (Å²) in [5.74, 6) is 0. The van der Waals surface area contributed by atoms with Crippen LogP contribution in [0.3, 0.4) is 0 Å². The molecule has 0 unspecified atom stereocenters. The van der Waals surface area contributed by atoms with Crippen LogP contribution in [0.25, 0.3) is 0 Å². The zero-order valence-electron chi connectivity index (χ0n) is 3.53. The summed E-state index contributed by atoms with van der Waals surface area (Å²) in [6.45, 7) is 9.75. The number of hydrogen-bond donors (Lipinski definition) is 0. The second-order valence-corrected chi connectivity index (χ2v) is 0.408. The van der Waals surface area contributed by atoms with Crippen LogP contribution in [0.4, 0.5) is 0 Å². The van der Waals surface area contributed by atoms with Gasteiger partial charge in [0.1, 0.15) is 0 Å². The van der Waals surface area contributed by atoms with E-state index in [9.17, 15) is 0 Å². The van der Waals surface area contributed by atoms with Gasteiger partial charge in [-0.1, -0.05) is 6.08 Å². The van der Waals surface area contributed by atoms with Gasteiger partial charge in [-0.25, -0.2) is 0 Å². The summed E-state index contributed by atoms with van der Waals surface area (Å²) < 4.78 is 0. The smallest absolute Gasteiger partial charge is 0.281 e. The molecule has 1 nitrogen and oxygen atoms in total. The van der Waals surface area contributed by atoms with Crippen molar-refractivity contribution in [3.63, 3.8) is 0 Å². The number of allylic oxidation sites excluding steroid dienone is 1. The van der Waals surface area contributed by atoms with Gasteiger partial charge in [0.05, 0.1) is 0 Å². The molecule has 0 aromatic heterocycles. The van der Waals surface area contributed by atoms with E-state index in [1.807, 2.05) is 6.92 Å². The summed E-state index contributed by atoms with van der Waals surface area (Å²) in [7, 11) is 0. The Bertz CT molecular complexity index is 21.5. The molecule has 2 heteroatoms. The molecule has 0 saturated carbocycles. The van der Waals surface area contributed by atoms with Crippen molar-refractivity contribution >= 4 is 6.79 Å². The zero-order valence-corrected chi connectivity index (χ0v) is 4.57. The average molecular weight is 129 g/mol. The van der Waals surface area contributed by atoms with Crippen LogP contribution in [-0.4, -0.2) is 6.79 Å². The molecule has 3 radical (unpaired) electrons. The van der Waals surface area contributed by atoms with Crippen LogP contribution in [0.1, 0.15) is 6.92 Å². The standard InChI is InChI=1S/C3H6.CO.Co/c1-3-2;1-2;/h3H,1H2,2H3;;. The molecule has 0 aliphatic rings. The van der Waals surface area contributed by atoms with Crippen LogP contribution < -0.4 is 0 Å². The van der Waals surface area contributed by atoms with E-state index in [-0.39, 0.29) is 16.8 Å². The molecule has 0 atom stereocenters. The van der Waals surface area contributed by atoms with Crippen LogP contribution in [0, 0.1) is 0 Å².